The molecule has 0 saturated heterocycles. The predicted molar refractivity (Wildman–Crippen MR) is 115 cm³/mol. The summed E-state index contributed by atoms with van der Waals surface area (Å²) in [4.78, 5) is 35.8. The number of aromatic carboxylic acids is 1. The van der Waals surface area contributed by atoms with Crippen LogP contribution in [0.1, 0.15) is 22.2 Å². The van der Waals surface area contributed by atoms with E-state index in [2.05, 4.69) is 5.32 Å². The quantitative estimate of drug-likeness (QED) is 0.582. The van der Waals surface area contributed by atoms with Gasteiger partial charge in [-0.05, 0) is 42.5 Å². The molecule has 0 fully saturated rings. The zero-order valence-electron chi connectivity index (χ0n) is 16.5. The third-order valence-electron chi connectivity index (χ3n) is 4.52. The summed E-state index contributed by atoms with van der Waals surface area (Å²) in [6.07, 6.45) is -1.38. The number of nitrogens with zero attached hydrogens (tertiary/aromatic N) is 2. The summed E-state index contributed by atoms with van der Waals surface area (Å²) in [7, 11) is 1.29. The van der Waals surface area contributed by atoms with Crippen LogP contribution in [-0.4, -0.2) is 28.7 Å². The highest BCUT2D eigenvalue weighted by atomic mass is 35.5. The highest BCUT2D eigenvalue weighted by Crippen LogP contribution is 2.33. The molecule has 8 nitrogen and oxygen atoms in total. The van der Waals surface area contributed by atoms with Crippen molar-refractivity contribution in [2.24, 2.45) is 0 Å². The van der Waals surface area contributed by atoms with Crippen LogP contribution in [-0.2, 0) is 4.79 Å². The number of aromatic nitrogens is 1. The van der Waals surface area contributed by atoms with Gasteiger partial charge in [-0.15, -0.1) is 0 Å². The topological polar surface area (TPSA) is 121 Å². The summed E-state index contributed by atoms with van der Waals surface area (Å²) in [5, 5.41) is 20.8. The van der Waals surface area contributed by atoms with E-state index in [-0.39, 0.29) is 28.1 Å². The summed E-state index contributed by atoms with van der Waals surface area (Å²) in [6.45, 7) is 0. The minimum atomic E-state index is -2.40. The Kier molecular flexibility index (Phi) is 6.56. The second kappa shape index (κ2) is 9.32. The van der Waals surface area contributed by atoms with Crippen LogP contribution in [0.15, 0.2) is 59.5 Å². The Bertz CT molecular complexity index is 1300. The lowest BCUT2D eigenvalue weighted by molar-refractivity contribution is -0.123. The number of nitriles is 1. The number of anilines is 1. The molecule has 1 unspecified atom stereocenters. The molecule has 2 N–H and O–H groups in total. The zero-order valence-corrected chi connectivity index (χ0v) is 17.3. The lowest BCUT2D eigenvalue weighted by Gasteiger charge is -2.16. The number of rotatable bonds is 6. The van der Waals surface area contributed by atoms with Crippen LogP contribution in [0.5, 0.6) is 5.75 Å². The normalized spacial score (nSPS) is 11.3. The van der Waals surface area contributed by atoms with E-state index in [1.54, 1.807) is 0 Å². The molecular weight excluding hydrogens is 441 g/mol. The summed E-state index contributed by atoms with van der Waals surface area (Å²) in [5.41, 5.74) is 0.0489. The van der Waals surface area contributed by atoms with Crippen LogP contribution < -0.4 is 15.6 Å². The number of carbonyl (C=O) groups is 2. The predicted octanol–water partition coefficient (Wildman–Crippen LogP) is 3.85. The molecule has 3 rings (SSSR count). The number of hydrogen-bond acceptors (Lipinski definition) is 5. The van der Waals surface area contributed by atoms with Gasteiger partial charge in [-0.1, -0.05) is 11.6 Å². The van der Waals surface area contributed by atoms with Gasteiger partial charge in [0.2, 0.25) is 0 Å². The molecule has 3 aromatic rings. The summed E-state index contributed by atoms with van der Waals surface area (Å²) in [6, 6.07) is 12.6. The molecule has 32 heavy (non-hydrogen) atoms. The highest BCUT2D eigenvalue weighted by molar-refractivity contribution is 6.31. The summed E-state index contributed by atoms with van der Waals surface area (Å²) in [5.74, 6) is -2.25. The van der Waals surface area contributed by atoms with Crippen molar-refractivity contribution in [2.75, 3.05) is 12.4 Å². The lowest BCUT2D eigenvalue weighted by Crippen LogP contribution is -2.30. The minimum Gasteiger partial charge on any atom is -0.495 e. The third-order valence-corrected chi connectivity index (χ3v) is 4.75. The Morgan fingerprint density at radius 3 is 2.47 bits per heavy atom. The number of hydrogen-bond donors (Lipinski definition) is 2. The molecule has 1 atom stereocenters. The fraction of sp³-hybridized carbons (Fsp3) is 0.0909. The van der Waals surface area contributed by atoms with Crippen LogP contribution in [0.4, 0.5) is 10.1 Å². The number of carboxylic acid groups (broad SMARTS) is 1. The molecule has 0 aliphatic heterocycles. The van der Waals surface area contributed by atoms with Gasteiger partial charge >= 0.3 is 5.97 Å². The fourth-order valence-corrected chi connectivity index (χ4v) is 3.11. The van der Waals surface area contributed by atoms with Gasteiger partial charge in [0.15, 0.2) is 0 Å². The van der Waals surface area contributed by atoms with Crippen molar-refractivity contribution in [2.45, 2.75) is 6.30 Å². The molecule has 1 amide bonds. The molecule has 0 aliphatic carbocycles. The van der Waals surface area contributed by atoms with Crippen molar-refractivity contribution in [3.8, 4) is 22.9 Å². The van der Waals surface area contributed by atoms with Crippen molar-refractivity contribution in [1.82, 2.24) is 4.57 Å². The summed E-state index contributed by atoms with van der Waals surface area (Å²) < 4.78 is 20.7. The van der Waals surface area contributed by atoms with E-state index in [1.807, 2.05) is 6.07 Å². The zero-order chi connectivity index (χ0) is 23.4. The molecule has 1 heterocycles. The van der Waals surface area contributed by atoms with Crippen molar-refractivity contribution >= 4 is 29.2 Å². The van der Waals surface area contributed by atoms with E-state index in [0.717, 1.165) is 12.3 Å². The molecule has 0 saturated carbocycles. The Balaban J connectivity index is 1.94. The van der Waals surface area contributed by atoms with Gasteiger partial charge in [-0.3, -0.25) is 14.2 Å². The van der Waals surface area contributed by atoms with Gasteiger partial charge in [0.05, 0.1) is 30.5 Å². The standard InChI is InChI=1S/C22H15ClFN3O5/c1-32-18-11-27(19(28)9-17(18)16-8-14(23)5-2-13(16)10-25)20(24)21(29)26-15-6-3-12(4-7-15)22(30)31/h2-9,11,20H,1H3,(H,26,29)(H,30,31). The van der Waals surface area contributed by atoms with Gasteiger partial charge < -0.3 is 15.2 Å². The monoisotopic (exact) mass is 455 g/mol. The van der Waals surface area contributed by atoms with E-state index in [0.29, 0.717) is 15.2 Å². The van der Waals surface area contributed by atoms with Gasteiger partial charge in [0.1, 0.15) is 5.75 Å². The molecule has 0 aliphatic rings. The second-order valence-electron chi connectivity index (χ2n) is 6.51. The number of pyridine rings is 1. The van der Waals surface area contributed by atoms with Crippen molar-refractivity contribution < 1.29 is 23.8 Å². The van der Waals surface area contributed by atoms with Crippen LogP contribution in [0.2, 0.25) is 5.02 Å². The maximum absolute atomic E-state index is 14.9. The van der Waals surface area contributed by atoms with E-state index < -0.39 is 23.7 Å². The van der Waals surface area contributed by atoms with Crippen LogP contribution >= 0.6 is 11.6 Å². The van der Waals surface area contributed by atoms with Crippen LogP contribution in [0.3, 0.4) is 0 Å². The first kappa shape index (κ1) is 22.5. The van der Waals surface area contributed by atoms with Crippen molar-refractivity contribution in [3.63, 3.8) is 0 Å². The SMILES string of the molecule is COc1cn(C(F)C(=O)Nc2ccc(C(=O)O)cc2)c(=O)cc1-c1cc(Cl)ccc1C#N. The molecule has 0 bridgehead atoms. The summed E-state index contributed by atoms with van der Waals surface area (Å²) >= 11 is 6.01. The van der Waals surface area contributed by atoms with Crippen LogP contribution in [0.25, 0.3) is 11.1 Å². The number of ether oxygens (including phenoxy) is 1. The van der Waals surface area contributed by atoms with Gasteiger partial charge in [0, 0.05) is 27.9 Å². The highest BCUT2D eigenvalue weighted by Gasteiger charge is 2.23. The first-order chi connectivity index (χ1) is 15.2. The maximum atomic E-state index is 14.9. The number of methoxy groups -OCH3 is 1. The fourth-order valence-electron chi connectivity index (χ4n) is 2.94. The molecule has 10 heteroatoms. The largest absolute Gasteiger partial charge is 0.495 e. The lowest BCUT2D eigenvalue weighted by atomic mass is 10.0. The number of amides is 1. The minimum absolute atomic E-state index is 0.00547. The number of halogens is 2. The number of benzene rings is 2. The number of nitrogens with one attached hydrogen (secondary N) is 1. The average molecular weight is 456 g/mol. The Hall–Kier alpha value is -4.16. The number of carbonyl (C=O) groups excluding carboxylic acids is 1. The van der Waals surface area contributed by atoms with Gasteiger partial charge in [-0.2, -0.15) is 5.26 Å². The van der Waals surface area contributed by atoms with Gasteiger partial charge in [0.25, 0.3) is 17.8 Å². The first-order valence-corrected chi connectivity index (χ1v) is 9.41. The molecule has 0 radical (unpaired) electrons. The molecule has 2 aromatic carbocycles. The Labute approximate surface area is 186 Å². The van der Waals surface area contributed by atoms with E-state index in [4.69, 9.17) is 21.4 Å². The van der Waals surface area contributed by atoms with Crippen molar-refractivity contribution in [1.29, 1.82) is 5.26 Å². The molecular formula is C22H15ClFN3O5. The second-order valence-corrected chi connectivity index (χ2v) is 6.95. The Morgan fingerprint density at radius 2 is 1.88 bits per heavy atom. The van der Waals surface area contributed by atoms with E-state index in [1.165, 1.54) is 49.6 Å². The average Bonchev–Trinajstić information content (AvgIpc) is 2.78. The number of alkyl halides is 1. The number of carboxylic acids is 1. The smallest absolute Gasteiger partial charge is 0.335 e. The molecule has 162 valence electrons. The molecule has 1 aromatic heterocycles. The maximum Gasteiger partial charge on any atom is 0.335 e. The van der Waals surface area contributed by atoms with E-state index >= 15 is 0 Å². The first-order valence-electron chi connectivity index (χ1n) is 9.03. The Morgan fingerprint density at radius 1 is 1.19 bits per heavy atom. The van der Waals surface area contributed by atoms with Gasteiger partial charge in [-0.25, -0.2) is 9.18 Å². The molecule has 0 spiro atoms. The van der Waals surface area contributed by atoms with Crippen LogP contribution in [0, 0.1) is 11.3 Å². The van der Waals surface area contributed by atoms with Crippen molar-refractivity contribution in [3.05, 3.63) is 81.2 Å². The van der Waals surface area contributed by atoms with E-state index in [9.17, 15) is 24.0 Å². The third kappa shape index (κ3) is 4.61.